The van der Waals surface area contributed by atoms with Crippen molar-refractivity contribution in [2.45, 2.75) is 63.3 Å². The number of anilines is 1. The fourth-order valence-electron chi connectivity index (χ4n) is 7.15. The fourth-order valence-corrected chi connectivity index (χ4v) is 7.15. The van der Waals surface area contributed by atoms with Crippen molar-refractivity contribution in [1.82, 2.24) is 4.90 Å². The number of fused-ring (bicyclic) bond motifs is 1. The molecule has 3 heterocycles. The zero-order valence-corrected chi connectivity index (χ0v) is 17.2. The van der Waals surface area contributed by atoms with E-state index >= 15 is 0 Å². The maximum Gasteiger partial charge on any atom is 0.303 e. The molecular formula is C23H30N2O3. The van der Waals surface area contributed by atoms with Gasteiger partial charge in [-0.3, -0.25) is 9.69 Å². The Bertz CT molecular complexity index is 867. The second-order valence-corrected chi connectivity index (χ2v) is 9.15. The highest BCUT2D eigenvalue weighted by Crippen LogP contribution is 2.64. The number of benzene rings is 1. The highest BCUT2D eigenvalue weighted by molar-refractivity contribution is 5.70. The van der Waals surface area contributed by atoms with Crippen LogP contribution in [0.25, 0.3) is 0 Å². The zero-order chi connectivity index (χ0) is 19.8. The van der Waals surface area contributed by atoms with Gasteiger partial charge < -0.3 is 14.7 Å². The Morgan fingerprint density at radius 2 is 2.18 bits per heavy atom. The van der Waals surface area contributed by atoms with Crippen LogP contribution in [0.1, 0.15) is 37.8 Å². The third-order valence-corrected chi connectivity index (χ3v) is 7.99. The lowest BCUT2D eigenvalue weighted by Gasteiger charge is -2.60. The first-order valence-electron chi connectivity index (χ1n) is 10.5. The Labute approximate surface area is 167 Å². The van der Waals surface area contributed by atoms with Gasteiger partial charge in [-0.25, -0.2) is 0 Å². The summed E-state index contributed by atoms with van der Waals surface area (Å²) in [4.78, 5) is 16.8. The van der Waals surface area contributed by atoms with Gasteiger partial charge in [0.05, 0.1) is 6.04 Å². The predicted molar refractivity (Wildman–Crippen MR) is 108 cm³/mol. The van der Waals surface area contributed by atoms with Crippen molar-refractivity contribution in [2.75, 3.05) is 25.0 Å². The van der Waals surface area contributed by atoms with Crippen LogP contribution in [-0.4, -0.2) is 60.4 Å². The monoisotopic (exact) mass is 382 g/mol. The van der Waals surface area contributed by atoms with E-state index in [0.717, 1.165) is 25.9 Å². The van der Waals surface area contributed by atoms with Crippen LogP contribution < -0.4 is 4.90 Å². The van der Waals surface area contributed by atoms with Gasteiger partial charge in [-0.05, 0) is 43.5 Å². The average Bonchev–Trinajstić information content (AvgIpc) is 3.16. The van der Waals surface area contributed by atoms with Gasteiger partial charge >= 0.3 is 5.97 Å². The normalized spacial score (nSPS) is 40.8. The van der Waals surface area contributed by atoms with E-state index in [1.807, 2.05) is 0 Å². The van der Waals surface area contributed by atoms with Crippen molar-refractivity contribution in [3.05, 3.63) is 41.5 Å². The largest absolute Gasteiger partial charge is 0.459 e. The molecule has 1 spiro atoms. The minimum Gasteiger partial charge on any atom is -0.459 e. The number of hydrogen-bond acceptors (Lipinski definition) is 5. The molecule has 28 heavy (non-hydrogen) atoms. The maximum atomic E-state index is 12.0. The zero-order valence-electron chi connectivity index (χ0n) is 17.2. The van der Waals surface area contributed by atoms with Crippen molar-refractivity contribution in [1.29, 1.82) is 0 Å². The van der Waals surface area contributed by atoms with Gasteiger partial charge in [0.25, 0.3) is 0 Å². The molecule has 1 saturated heterocycles. The fraction of sp³-hybridized carbons (Fsp3) is 0.609. The van der Waals surface area contributed by atoms with Gasteiger partial charge in [0, 0.05) is 43.1 Å². The smallest absolute Gasteiger partial charge is 0.303 e. The number of carbonyl (C=O) groups is 1. The van der Waals surface area contributed by atoms with Crippen molar-refractivity contribution in [3.63, 3.8) is 0 Å². The highest BCUT2D eigenvalue weighted by atomic mass is 16.6. The number of ether oxygens (including phenoxy) is 1. The maximum absolute atomic E-state index is 12.0. The lowest BCUT2D eigenvalue weighted by Crippen LogP contribution is -2.74. The van der Waals surface area contributed by atoms with Crippen LogP contribution in [0.4, 0.5) is 5.69 Å². The van der Waals surface area contributed by atoms with Gasteiger partial charge in [0.1, 0.15) is 12.2 Å². The van der Waals surface area contributed by atoms with Gasteiger partial charge in [0.15, 0.2) is 0 Å². The number of likely N-dealkylation sites (N-methyl/N-ethyl adjacent to an activating group) is 1. The van der Waals surface area contributed by atoms with Crippen LogP contribution in [0.3, 0.4) is 0 Å². The summed E-state index contributed by atoms with van der Waals surface area (Å²) in [5, 5.41) is 11.7. The molecule has 0 aromatic heterocycles. The third kappa shape index (κ3) is 1.97. The molecule has 1 N–H and O–H groups in total. The Morgan fingerprint density at radius 3 is 2.89 bits per heavy atom. The average molecular weight is 383 g/mol. The van der Waals surface area contributed by atoms with Crippen LogP contribution in [0, 0.1) is 12.3 Å². The van der Waals surface area contributed by atoms with E-state index in [4.69, 9.17) is 4.74 Å². The summed E-state index contributed by atoms with van der Waals surface area (Å²) in [6.07, 6.45) is 5.04. The summed E-state index contributed by atoms with van der Waals surface area (Å²) in [5.74, 6) is -0.318. The molecular weight excluding hydrogens is 352 g/mol. The lowest BCUT2D eigenvalue weighted by atomic mass is 9.51. The number of hydrogen-bond donors (Lipinski definition) is 1. The molecule has 150 valence electrons. The van der Waals surface area contributed by atoms with Crippen molar-refractivity contribution >= 4 is 11.7 Å². The topological polar surface area (TPSA) is 53.0 Å². The lowest BCUT2D eigenvalue weighted by molar-refractivity contribution is -0.184. The molecule has 3 aliphatic heterocycles. The molecule has 4 aliphatic rings. The number of aliphatic hydroxyl groups is 1. The summed E-state index contributed by atoms with van der Waals surface area (Å²) in [5.41, 5.74) is 3.28. The van der Waals surface area contributed by atoms with Gasteiger partial charge in [0.2, 0.25) is 0 Å². The molecule has 5 unspecified atom stereocenters. The Kier molecular flexibility index (Phi) is 3.79. The molecule has 0 radical (unpaired) electrons. The van der Waals surface area contributed by atoms with Crippen LogP contribution in [0.15, 0.2) is 30.4 Å². The quantitative estimate of drug-likeness (QED) is 0.629. The van der Waals surface area contributed by atoms with Gasteiger partial charge in [-0.2, -0.15) is 0 Å². The molecule has 0 bridgehead atoms. The summed E-state index contributed by atoms with van der Waals surface area (Å²) < 4.78 is 5.87. The molecule has 5 heteroatoms. The molecule has 6 atom stereocenters. The molecule has 1 saturated carbocycles. The van der Waals surface area contributed by atoms with Crippen molar-refractivity contribution in [3.8, 4) is 0 Å². The number of nitrogens with zero attached hydrogens (tertiary/aromatic N) is 2. The number of aliphatic hydroxyl groups excluding tert-OH is 1. The number of rotatable bonds is 2. The second-order valence-electron chi connectivity index (χ2n) is 9.15. The Balaban J connectivity index is 1.78. The number of carbonyl (C=O) groups excluding carboxylic acids is 1. The van der Waals surface area contributed by atoms with Crippen molar-refractivity contribution < 1.29 is 14.6 Å². The molecule has 5 nitrogen and oxygen atoms in total. The first-order valence-corrected chi connectivity index (χ1v) is 10.5. The van der Waals surface area contributed by atoms with Crippen LogP contribution in [0.2, 0.25) is 0 Å². The SMILES string of the molecule is CC[C@]12C=CCN3CCC4(c5ccc(C)cc5N(C)C4C(O)C1OC(C)=O)C32. The van der Waals surface area contributed by atoms with Crippen molar-refractivity contribution in [2.24, 2.45) is 5.41 Å². The second kappa shape index (κ2) is 5.83. The predicted octanol–water partition coefficient (Wildman–Crippen LogP) is 2.40. The van der Waals surface area contributed by atoms with Gasteiger partial charge in [-0.15, -0.1) is 0 Å². The van der Waals surface area contributed by atoms with E-state index in [1.165, 1.54) is 23.7 Å². The van der Waals surface area contributed by atoms with Crippen LogP contribution in [0.5, 0.6) is 0 Å². The van der Waals surface area contributed by atoms with E-state index < -0.39 is 12.2 Å². The minimum atomic E-state index is -0.736. The summed E-state index contributed by atoms with van der Waals surface area (Å²) in [7, 11) is 2.09. The van der Waals surface area contributed by atoms with E-state index in [2.05, 4.69) is 61.0 Å². The van der Waals surface area contributed by atoms with E-state index in [0.29, 0.717) is 0 Å². The third-order valence-electron chi connectivity index (χ3n) is 7.99. The Morgan fingerprint density at radius 1 is 1.39 bits per heavy atom. The van der Waals surface area contributed by atoms with Crippen LogP contribution >= 0.6 is 0 Å². The van der Waals surface area contributed by atoms with E-state index in [1.54, 1.807) is 0 Å². The summed E-state index contributed by atoms with van der Waals surface area (Å²) in [6, 6.07) is 6.85. The molecule has 1 aromatic carbocycles. The van der Waals surface area contributed by atoms with Crippen LogP contribution in [-0.2, 0) is 14.9 Å². The standard InChI is InChI=1S/C23H30N2O3/c1-5-22-9-6-11-25-12-10-23(21(22)25)16-8-7-14(2)13-17(16)24(4)19(23)18(27)20(22)28-15(3)26/h6-9,13,18-21,27H,5,10-12H2,1-4H3/t18?,19?,20?,21?,22-,23?/m0/s1. The van der Waals surface area contributed by atoms with E-state index in [9.17, 15) is 9.90 Å². The molecule has 1 aliphatic carbocycles. The molecule has 0 amide bonds. The first-order chi connectivity index (χ1) is 13.4. The molecule has 5 rings (SSSR count). The summed E-state index contributed by atoms with van der Waals surface area (Å²) in [6.45, 7) is 7.67. The van der Waals surface area contributed by atoms with Gasteiger partial charge in [-0.1, -0.05) is 31.2 Å². The summed E-state index contributed by atoms with van der Waals surface area (Å²) >= 11 is 0. The van der Waals surface area contributed by atoms with E-state index in [-0.39, 0.29) is 28.9 Å². The highest BCUT2D eigenvalue weighted by Gasteiger charge is 2.73. The molecule has 1 aromatic rings. The minimum absolute atomic E-state index is 0.0881. The first kappa shape index (κ1) is 18.2. The molecule has 2 fully saturated rings. The number of aryl methyl sites for hydroxylation is 1. The Hall–Kier alpha value is -1.85. The number of esters is 1.